The average Bonchev–Trinajstić information content (AvgIpc) is 3.62. The predicted molar refractivity (Wildman–Crippen MR) is 162 cm³/mol. The standard InChI is InChI=1S/C34H67NO2/c1-6-8-10-12-14-18-22-26-33(37-34(36)30(3)29-35(4)5)27-23-19-15-17-21-25-32-28-31(32)24-20-16-13-11-9-7-2/h30-33H,6-29H2,1-5H3. The first-order valence-electron chi connectivity index (χ1n) is 16.8. The molecule has 0 aromatic carbocycles. The summed E-state index contributed by atoms with van der Waals surface area (Å²) >= 11 is 0. The van der Waals surface area contributed by atoms with Gasteiger partial charge in [-0.05, 0) is 58.0 Å². The minimum atomic E-state index is -0.0427. The van der Waals surface area contributed by atoms with Crippen molar-refractivity contribution < 1.29 is 9.53 Å². The zero-order chi connectivity index (χ0) is 27.1. The molecule has 0 amide bonds. The molecule has 3 nitrogen and oxygen atoms in total. The van der Waals surface area contributed by atoms with Gasteiger partial charge in [0.25, 0.3) is 0 Å². The van der Waals surface area contributed by atoms with Gasteiger partial charge in [-0.2, -0.15) is 0 Å². The fraction of sp³-hybridized carbons (Fsp3) is 0.971. The SMILES string of the molecule is CCCCCCCCCC(CCCCCCCC1CC1CCCCCCCC)OC(=O)C(C)CN(C)C. The largest absolute Gasteiger partial charge is 0.462 e. The van der Waals surface area contributed by atoms with Gasteiger partial charge in [0.2, 0.25) is 0 Å². The van der Waals surface area contributed by atoms with Gasteiger partial charge in [0.1, 0.15) is 6.10 Å². The van der Waals surface area contributed by atoms with Crippen LogP contribution in [0.25, 0.3) is 0 Å². The predicted octanol–water partition coefficient (Wildman–Crippen LogP) is 10.4. The van der Waals surface area contributed by atoms with Crippen molar-refractivity contribution in [2.45, 2.75) is 175 Å². The number of esters is 1. The summed E-state index contributed by atoms with van der Waals surface area (Å²) in [5.41, 5.74) is 0. The summed E-state index contributed by atoms with van der Waals surface area (Å²) < 4.78 is 6.03. The van der Waals surface area contributed by atoms with Crippen LogP contribution in [0.2, 0.25) is 0 Å². The molecule has 1 rings (SSSR count). The molecule has 37 heavy (non-hydrogen) atoms. The molecule has 1 aliphatic carbocycles. The van der Waals surface area contributed by atoms with Gasteiger partial charge in [-0.1, -0.05) is 136 Å². The molecule has 1 aliphatic rings. The zero-order valence-corrected chi connectivity index (χ0v) is 26.0. The van der Waals surface area contributed by atoms with Crippen molar-refractivity contribution in [2.75, 3.05) is 20.6 Å². The summed E-state index contributed by atoms with van der Waals surface area (Å²) in [6.07, 6.45) is 31.3. The summed E-state index contributed by atoms with van der Waals surface area (Å²) in [5, 5.41) is 0. The third-order valence-electron chi connectivity index (χ3n) is 8.55. The molecular weight excluding hydrogens is 454 g/mol. The van der Waals surface area contributed by atoms with Crippen LogP contribution >= 0.6 is 0 Å². The monoisotopic (exact) mass is 522 g/mol. The van der Waals surface area contributed by atoms with Gasteiger partial charge < -0.3 is 9.64 Å². The van der Waals surface area contributed by atoms with Gasteiger partial charge >= 0.3 is 5.97 Å². The van der Waals surface area contributed by atoms with E-state index in [0.29, 0.717) is 0 Å². The molecule has 0 N–H and O–H groups in total. The maximum absolute atomic E-state index is 12.6. The van der Waals surface area contributed by atoms with Crippen LogP contribution in [-0.2, 0) is 9.53 Å². The average molecular weight is 522 g/mol. The molecule has 220 valence electrons. The minimum absolute atomic E-state index is 0.00147. The van der Waals surface area contributed by atoms with Gasteiger partial charge in [-0.25, -0.2) is 0 Å². The summed E-state index contributed by atoms with van der Waals surface area (Å²) in [5.74, 6) is 2.09. The molecule has 4 atom stereocenters. The molecule has 1 saturated carbocycles. The van der Waals surface area contributed by atoms with Crippen molar-refractivity contribution in [3.8, 4) is 0 Å². The number of hydrogen-bond acceptors (Lipinski definition) is 3. The summed E-state index contributed by atoms with van der Waals surface area (Å²) in [6.45, 7) is 7.35. The van der Waals surface area contributed by atoms with Crippen molar-refractivity contribution in [3.63, 3.8) is 0 Å². The second kappa shape index (κ2) is 23.3. The maximum Gasteiger partial charge on any atom is 0.310 e. The molecule has 0 bridgehead atoms. The topological polar surface area (TPSA) is 29.5 Å². The number of rotatable bonds is 27. The Bertz CT molecular complexity index is 520. The first-order chi connectivity index (χ1) is 18.0. The van der Waals surface area contributed by atoms with Crippen LogP contribution in [0.4, 0.5) is 0 Å². The zero-order valence-electron chi connectivity index (χ0n) is 26.0. The summed E-state index contributed by atoms with van der Waals surface area (Å²) in [4.78, 5) is 14.7. The molecule has 0 aromatic rings. The van der Waals surface area contributed by atoms with Crippen LogP contribution in [0.3, 0.4) is 0 Å². The highest BCUT2D eigenvalue weighted by molar-refractivity contribution is 5.72. The van der Waals surface area contributed by atoms with Crippen molar-refractivity contribution in [3.05, 3.63) is 0 Å². The number of carbonyl (C=O) groups is 1. The van der Waals surface area contributed by atoms with Gasteiger partial charge in [0, 0.05) is 6.54 Å². The minimum Gasteiger partial charge on any atom is -0.462 e. The molecule has 0 spiro atoms. The highest BCUT2D eigenvalue weighted by Gasteiger charge is 2.35. The van der Waals surface area contributed by atoms with E-state index >= 15 is 0 Å². The molecule has 0 aliphatic heterocycles. The number of hydrogen-bond donors (Lipinski definition) is 0. The Labute approximate surface area is 233 Å². The van der Waals surface area contributed by atoms with Crippen LogP contribution in [0, 0.1) is 17.8 Å². The Hall–Kier alpha value is -0.570. The molecule has 0 aromatic heterocycles. The molecule has 3 heteroatoms. The Morgan fingerprint density at radius 1 is 0.676 bits per heavy atom. The fourth-order valence-electron chi connectivity index (χ4n) is 6.01. The number of carbonyl (C=O) groups excluding carboxylic acids is 1. The lowest BCUT2D eigenvalue weighted by molar-refractivity contribution is -0.154. The highest BCUT2D eigenvalue weighted by atomic mass is 16.5. The summed E-state index contributed by atoms with van der Waals surface area (Å²) in [6, 6.07) is 0. The number of unbranched alkanes of at least 4 members (excludes halogenated alkanes) is 15. The smallest absolute Gasteiger partial charge is 0.310 e. The van der Waals surface area contributed by atoms with Gasteiger partial charge in [-0.15, -0.1) is 0 Å². The van der Waals surface area contributed by atoms with Crippen LogP contribution in [0.15, 0.2) is 0 Å². The molecule has 0 heterocycles. The lowest BCUT2D eigenvalue weighted by Gasteiger charge is -2.22. The molecule has 0 saturated heterocycles. The maximum atomic E-state index is 12.6. The van der Waals surface area contributed by atoms with E-state index in [9.17, 15) is 4.79 Å². The van der Waals surface area contributed by atoms with Crippen molar-refractivity contribution in [1.82, 2.24) is 4.90 Å². The second-order valence-electron chi connectivity index (χ2n) is 12.8. The normalized spacial score (nSPS) is 18.8. The lowest BCUT2D eigenvalue weighted by Crippen LogP contribution is -2.30. The Balaban J connectivity index is 2.13. The van der Waals surface area contributed by atoms with E-state index in [-0.39, 0.29) is 18.0 Å². The van der Waals surface area contributed by atoms with E-state index in [2.05, 4.69) is 18.7 Å². The van der Waals surface area contributed by atoms with Gasteiger partial charge in [0.05, 0.1) is 5.92 Å². The quantitative estimate of drug-likeness (QED) is 0.0795. The second-order valence-corrected chi connectivity index (χ2v) is 12.8. The van der Waals surface area contributed by atoms with Crippen LogP contribution < -0.4 is 0 Å². The first-order valence-corrected chi connectivity index (χ1v) is 16.8. The van der Waals surface area contributed by atoms with Crippen LogP contribution in [0.1, 0.15) is 168 Å². The molecule has 1 fully saturated rings. The van der Waals surface area contributed by atoms with Crippen LogP contribution in [0.5, 0.6) is 0 Å². The fourth-order valence-corrected chi connectivity index (χ4v) is 6.01. The molecule has 0 radical (unpaired) electrons. The van der Waals surface area contributed by atoms with E-state index in [4.69, 9.17) is 4.74 Å². The van der Waals surface area contributed by atoms with E-state index in [1.54, 1.807) is 0 Å². The number of nitrogens with zero attached hydrogens (tertiary/aromatic N) is 1. The molecule has 4 unspecified atom stereocenters. The number of ether oxygens (including phenoxy) is 1. The van der Waals surface area contributed by atoms with Gasteiger partial charge in [0.15, 0.2) is 0 Å². The Morgan fingerprint density at radius 3 is 1.51 bits per heavy atom. The molecular formula is C34H67NO2. The lowest BCUT2D eigenvalue weighted by atomic mass is 10.0. The van der Waals surface area contributed by atoms with E-state index in [0.717, 1.165) is 31.2 Å². The Morgan fingerprint density at radius 2 is 1.08 bits per heavy atom. The van der Waals surface area contributed by atoms with E-state index < -0.39 is 0 Å². The van der Waals surface area contributed by atoms with Crippen LogP contribution in [-0.4, -0.2) is 37.6 Å². The Kier molecular flexibility index (Phi) is 21.7. The third-order valence-corrected chi connectivity index (χ3v) is 8.55. The van der Waals surface area contributed by atoms with E-state index in [1.165, 1.54) is 135 Å². The van der Waals surface area contributed by atoms with Crippen molar-refractivity contribution >= 4 is 5.97 Å². The summed E-state index contributed by atoms with van der Waals surface area (Å²) in [7, 11) is 4.05. The highest BCUT2D eigenvalue weighted by Crippen LogP contribution is 2.45. The van der Waals surface area contributed by atoms with Crippen molar-refractivity contribution in [1.29, 1.82) is 0 Å². The third kappa shape index (κ3) is 20.1. The first kappa shape index (κ1) is 34.5. The van der Waals surface area contributed by atoms with Gasteiger partial charge in [-0.3, -0.25) is 4.79 Å². The van der Waals surface area contributed by atoms with Crippen molar-refractivity contribution in [2.24, 2.45) is 17.8 Å². The van der Waals surface area contributed by atoms with E-state index in [1.807, 2.05) is 21.0 Å².